The zero-order valence-corrected chi connectivity index (χ0v) is 14.3. The lowest BCUT2D eigenvalue weighted by molar-refractivity contribution is 0.171. The molecule has 0 radical (unpaired) electrons. The maximum atomic E-state index is 12.5. The van der Waals surface area contributed by atoms with Crippen molar-refractivity contribution in [1.82, 2.24) is 4.72 Å². The highest BCUT2D eigenvalue weighted by atomic mass is 35.5. The van der Waals surface area contributed by atoms with Crippen molar-refractivity contribution < 1.29 is 17.9 Å². The predicted molar refractivity (Wildman–Crippen MR) is 91.0 cm³/mol. The van der Waals surface area contributed by atoms with Crippen LogP contribution in [0.5, 0.6) is 11.5 Å². The second kappa shape index (κ2) is 6.98. The first kappa shape index (κ1) is 17.0. The van der Waals surface area contributed by atoms with E-state index in [4.69, 9.17) is 26.8 Å². The third-order valence-electron chi connectivity index (χ3n) is 3.61. The Morgan fingerprint density at radius 1 is 1.12 bits per heavy atom. The summed E-state index contributed by atoms with van der Waals surface area (Å²) in [6.07, 6.45) is 0. The molecule has 24 heavy (non-hydrogen) atoms. The Morgan fingerprint density at radius 3 is 2.42 bits per heavy atom. The minimum atomic E-state index is -3.82. The lowest BCUT2D eigenvalue weighted by Crippen LogP contribution is -2.32. The summed E-state index contributed by atoms with van der Waals surface area (Å²) in [5.74, 6) is 0.796. The molecule has 1 aliphatic heterocycles. The molecule has 0 saturated carbocycles. The molecule has 0 spiro atoms. The molecule has 0 aromatic heterocycles. The van der Waals surface area contributed by atoms with Crippen LogP contribution in [0.15, 0.2) is 47.4 Å². The molecule has 1 atom stereocenters. The lowest BCUT2D eigenvalue weighted by atomic mass is 10.1. The van der Waals surface area contributed by atoms with E-state index in [-0.39, 0.29) is 16.5 Å². The number of nitrogens with one attached hydrogen (secondary N) is 1. The fourth-order valence-electron chi connectivity index (χ4n) is 2.35. The maximum absolute atomic E-state index is 12.5. The van der Waals surface area contributed by atoms with Crippen molar-refractivity contribution >= 4 is 21.6 Å². The first-order valence-corrected chi connectivity index (χ1v) is 9.23. The molecule has 0 bridgehead atoms. The van der Waals surface area contributed by atoms with Crippen LogP contribution in [0.3, 0.4) is 0 Å². The Labute approximate surface area is 145 Å². The van der Waals surface area contributed by atoms with Gasteiger partial charge in [0.1, 0.15) is 18.1 Å². The summed E-state index contributed by atoms with van der Waals surface area (Å²) >= 11 is 6.09. The highest BCUT2D eigenvalue weighted by molar-refractivity contribution is 7.89. The van der Waals surface area contributed by atoms with Crippen molar-refractivity contribution in [2.45, 2.75) is 10.9 Å². The molecular formula is C16H17ClN2O4S. The van der Waals surface area contributed by atoms with E-state index < -0.39 is 16.1 Å². The monoisotopic (exact) mass is 368 g/mol. The molecule has 1 aliphatic rings. The van der Waals surface area contributed by atoms with E-state index in [1.54, 1.807) is 0 Å². The van der Waals surface area contributed by atoms with Gasteiger partial charge in [-0.2, -0.15) is 0 Å². The average molecular weight is 369 g/mol. The maximum Gasteiger partial charge on any atom is 0.242 e. The quantitative estimate of drug-likeness (QED) is 0.843. The molecular weight excluding hydrogens is 352 g/mol. The van der Waals surface area contributed by atoms with Gasteiger partial charge in [0.15, 0.2) is 11.5 Å². The van der Waals surface area contributed by atoms with Gasteiger partial charge in [-0.3, -0.25) is 0 Å². The minimum Gasteiger partial charge on any atom is -0.486 e. The molecule has 0 amide bonds. The van der Waals surface area contributed by atoms with Gasteiger partial charge in [0.25, 0.3) is 0 Å². The molecule has 2 aromatic rings. The Balaban J connectivity index is 1.78. The summed E-state index contributed by atoms with van der Waals surface area (Å²) in [6.45, 7) is 0.817. The molecule has 6 nitrogen and oxygen atoms in total. The summed E-state index contributed by atoms with van der Waals surface area (Å²) in [7, 11) is -3.82. The van der Waals surface area contributed by atoms with E-state index in [2.05, 4.69) is 4.72 Å². The van der Waals surface area contributed by atoms with Gasteiger partial charge in [0.2, 0.25) is 10.0 Å². The third kappa shape index (κ3) is 3.64. The topological polar surface area (TPSA) is 90.7 Å². The number of hydrogen-bond donors (Lipinski definition) is 2. The van der Waals surface area contributed by atoms with Crippen LogP contribution < -0.4 is 19.9 Å². The van der Waals surface area contributed by atoms with Crippen molar-refractivity contribution in [3.05, 3.63) is 53.1 Å². The lowest BCUT2D eigenvalue weighted by Gasteiger charge is -2.20. The van der Waals surface area contributed by atoms with Gasteiger partial charge in [-0.05, 0) is 5.56 Å². The number of benzene rings is 2. The summed E-state index contributed by atoms with van der Waals surface area (Å²) in [6, 6.07) is 11.6. The van der Waals surface area contributed by atoms with Gasteiger partial charge >= 0.3 is 0 Å². The van der Waals surface area contributed by atoms with Crippen molar-refractivity contribution in [2.75, 3.05) is 19.8 Å². The van der Waals surface area contributed by atoms with Gasteiger partial charge in [0, 0.05) is 24.7 Å². The largest absolute Gasteiger partial charge is 0.486 e. The highest BCUT2D eigenvalue weighted by Crippen LogP contribution is 2.37. The van der Waals surface area contributed by atoms with Crippen LogP contribution in [0, 0.1) is 0 Å². The molecule has 0 aliphatic carbocycles. The van der Waals surface area contributed by atoms with Gasteiger partial charge in [-0.1, -0.05) is 41.9 Å². The van der Waals surface area contributed by atoms with Gasteiger partial charge < -0.3 is 15.2 Å². The van der Waals surface area contributed by atoms with E-state index in [0.717, 1.165) is 5.56 Å². The molecule has 2 aromatic carbocycles. The molecule has 128 valence electrons. The summed E-state index contributed by atoms with van der Waals surface area (Å²) in [4.78, 5) is -0.0614. The predicted octanol–water partition coefficient (Wildman–Crippen LogP) is 2.09. The Morgan fingerprint density at radius 2 is 1.75 bits per heavy atom. The summed E-state index contributed by atoms with van der Waals surface area (Å²) < 4.78 is 38.3. The Kier molecular flexibility index (Phi) is 4.96. The summed E-state index contributed by atoms with van der Waals surface area (Å²) in [5.41, 5.74) is 6.87. The number of fused-ring (bicyclic) bond motifs is 1. The standard InChI is InChI=1S/C16H17ClN2O4S/c17-12-8-14-15(23-7-6-22-14)9-16(12)24(20,21)19-10-13(18)11-4-2-1-3-5-11/h1-5,8-9,13,19H,6-7,10,18H2. The van der Waals surface area contributed by atoms with E-state index in [0.29, 0.717) is 24.7 Å². The van der Waals surface area contributed by atoms with Crippen molar-refractivity contribution in [2.24, 2.45) is 5.73 Å². The van der Waals surface area contributed by atoms with Crippen LogP contribution in [0.4, 0.5) is 0 Å². The van der Waals surface area contributed by atoms with Crippen LogP contribution in [0.1, 0.15) is 11.6 Å². The zero-order chi connectivity index (χ0) is 17.2. The third-order valence-corrected chi connectivity index (χ3v) is 5.50. The number of nitrogens with two attached hydrogens (primary N) is 1. The van der Waals surface area contributed by atoms with Crippen molar-refractivity contribution in [1.29, 1.82) is 0 Å². The van der Waals surface area contributed by atoms with Crippen LogP contribution in [0.25, 0.3) is 0 Å². The fraction of sp³-hybridized carbons (Fsp3) is 0.250. The van der Waals surface area contributed by atoms with E-state index in [1.807, 2.05) is 30.3 Å². The fourth-order valence-corrected chi connectivity index (χ4v) is 3.94. The first-order chi connectivity index (χ1) is 11.5. The highest BCUT2D eigenvalue weighted by Gasteiger charge is 2.24. The molecule has 3 N–H and O–H groups in total. The van der Waals surface area contributed by atoms with Crippen molar-refractivity contribution in [3.63, 3.8) is 0 Å². The second-order valence-electron chi connectivity index (χ2n) is 5.30. The SMILES string of the molecule is NC(CNS(=O)(=O)c1cc2c(cc1Cl)OCCO2)c1ccccc1. The number of hydrogen-bond acceptors (Lipinski definition) is 5. The van der Waals surface area contributed by atoms with E-state index in [1.165, 1.54) is 12.1 Å². The smallest absolute Gasteiger partial charge is 0.242 e. The Bertz CT molecular complexity index is 827. The average Bonchev–Trinajstić information content (AvgIpc) is 2.59. The second-order valence-corrected chi connectivity index (χ2v) is 7.44. The number of ether oxygens (including phenoxy) is 2. The van der Waals surface area contributed by atoms with Crippen LogP contribution in [-0.2, 0) is 10.0 Å². The van der Waals surface area contributed by atoms with E-state index >= 15 is 0 Å². The first-order valence-electron chi connectivity index (χ1n) is 7.37. The summed E-state index contributed by atoms with van der Waals surface area (Å²) in [5, 5.41) is 0.0695. The van der Waals surface area contributed by atoms with Gasteiger partial charge in [0.05, 0.1) is 5.02 Å². The molecule has 0 saturated heterocycles. The molecule has 0 fully saturated rings. The molecule has 1 unspecified atom stereocenters. The van der Waals surface area contributed by atoms with Crippen LogP contribution in [0.2, 0.25) is 5.02 Å². The number of sulfonamides is 1. The van der Waals surface area contributed by atoms with Gasteiger partial charge in [-0.25, -0.2) is 13.1 Å². The normalized spacial score (nSPS) is 15.1. The van der Waals surface area contributed by atoms with E-state index in [9.17, 15) is 8.42 Å². The molecule has 1 heterocycles. The Hall–Kier alpha value is -1.80. The molecule has 3 rings (SSSR count). The van der Waals surface area contributed by atoms with Crippen LogP contribution in [-0.4, -0.2) is 28.2 Å². The molecule has 8 heteroatoms. The van der Waals surface area contributed by atoms with Gasteiger partial charge in [-0.15, -0.1) is 0 Å². The van der Waals surface area contributed by atoms with Crippen molar-refractivity contribution in [3.8, 4) is 11.5 Å². The zero-order valence-electron chi connectivity index (χ0n) is 12.7. The number of halogens is 1. The number of rotatable bonds is 5. The van der Waals surface area contributed by atoms with Crippen LogP contribution >= 0.6 is 11.6 Å². The minimum absolute atomic E-state index is 0.0527.